The van der Waals surface area contributed by atoms with E-state index in [1.807, 2.05) is 54.6 Å². The van der Waals surface area contributed by atoms with Crippen molar-refractivity contribution in [2.45, 2.75) is 13.2 Å². The number of nitrogens with zero attached hydrogens (tertiary/aromatic N) is 2. The monoisotopic (exact) mass is 389 g/mol. The van der Waals surface area contributed by atoms with Gasteiger partial charge in [0.05, 0.1) is 10.2 Å². The number of nitrogens with two attached hydrogens (primary N) is 1. The Morgan fingerprint density at radius 2 is 1.64 bits per heavy atom. The highest BCUT2D eigenvalue weighted by molar-refractivity contribution is 7.22. The molecule has 142 valence electrons. The molecule has 5 heteroatoms. The molecule has 0 unspecified atom stereocenters. The van der Waals surface area contributed by atoms with E-state index in [0.717, 1.165) is 34.1 Å². The summed E-state index contributed by atoms with van der Waals surface area (Å²) in [5.41, 5.74) is 9.20. The number of ether oxygens (including phenoxy) is 1. The van der Waals surface area contributed by atoms with Gasteiger partial charge < -0.3 is 15.4 Å². The minimum atomic E-state index is 0.551. The molecule has 0 amide bonds. The highest BCUT2D eigenvalue weighted by Gasteiger charge is 2.14. The molecule has 4 nitrogen and oxygen atoms in total. The number of fused-ring (bicyclic) bond motifs is 1. The number of hydrogen-bond donors (Lipinski definition) is 1. The van der Waals surface area contributed by atoms with Crippen LogP contribution >= 0.6 is 11.3 Å². The number of aromatic nitrogens is 1. The normalized spacial score (nSPS) is 10.9. The van der Waals surface area contributed by atoms with Crippen LogP contribution in [0.3, 0.4) is 0 Å². The average Bonchev–Trinajstić information content (AvgIpc) is 3.18. The molecular weight excluding hydrogens is 366 g/mol. The molecule has 2 N–H and O–H groups in total. The number of rotatable bonds is 8. The Labute approximate surface area is 169 Å². The van der Waals surface area contributed by atoms with Crippen molar-refractivity contribution in [3.63, 3.8) is 0 Å². The summed E-state index contributed by atoms with van der Waals surface area (Å²) in [7, 11) is 0. The minimum Gasteiger partial charge on any atom is -0.489 e. The SMILES string of the molecule is NCCN(Cc1ccccc1OCc1ccccc1)c1nc2ccccc2s1. The van der Waals surface area contributed by atoms with Gasteiger partial charge in [-0.15, -0.1) is 0 Å². The summed E-state index contributed by atoms with van der Waals surface area (Å²) in [4.78, 5) is 7.03. The van der Waals surface area contributed by atoms with Crippen molar-refractivity contribution in [1.82, 2.24) is 4.98 Å². The number of thiazole rings is 1. The maximum Gasteiger partial charge on any atom is 0.186 e. The molecule has 0 radical (unpaired) electrons. The van der Waals surface area contributed by atoms with Crippen LogP contribution in [-0.4, -0.2) is 18.1 Å². The van der Waals surface area contributed by atoms with Crippen molar-refractivity contribution in [1.29, 1.82) is 0 Å². The number of benzene rings is 3. The fraction of sp³-hybridized carbons (Fsp3) is 0.174. The van der Waals surface area contributed by atoms with Crippen molar-refractivity contribution >= 4 is 26.7 Å². The van der Waals surface area contributed by atoms with Crippen LogP contribution in [0.4, 0.5) is 5.13 Å². The second-order valence-electron chi connectivity index (χ2n) is 6.56. The predicted octanol–water partition coefficient (Wildman–Crippen LogP) is 4.84. The van der Waals surface area contributed by atoms with Crippen molar-refractivity contribution in [2.24, 2.45) is 5.73 Å². The molecule has 0 aliphatic carbocycles. The summed E-state index contributed by atoms with van der Waals surface area (Å²) in [6.45, 7) is 2.58. The Morgan fingerprint density at radius 3 is 2.46 bits per heavy atom. The largest absolute Gasteiger partial charge is 0.489 e. The molecule has 1 heterocycles. The molecule has 0 bridgehead atoms. The lowest BCUT2D eigenvalue weighted by molar-refractivity contribution is 0.303. The van der Waals surface area contributed by atoms with Gasteiger partial charge in [0.1, 0.15) is 12.4 Å². The van der Waals surface area contributed by atoms with Gasteiger partial charge in [0, 0.05) is 25.2 Å². The molecule has 0 saturated heterocycles. The summed E-state index contributed by atoms with van der Waals surface area (Å²) in [5, 5.41) is 0.990. The standard InChI is InChI=1S/C23H23N3OS/c24-14-15-26(23-25-20-11-5-7-13-22(20)28-23)16-19-10-4-6-12-21(19)27-17-18-8-2-1-3-9-18/h1-13H,14-17,24H2. The first kappa shape index (κ1) is 18.5. The molecule has 0 spiro atoms. The number of anilines is 1. The van der Waals surface area contributed by atoms with E-state index in [0.29, 0.717) is 19.7 Å². The maximum absolute atomic E-state index is 6.12. The number of para-hydroxylation sites is 2. The minimum absolute atomic E-state index is 0.551. The zero-order chi connectivity index (χ0) is 19.2. The van der Waals surface area contributed by atoms with Gasteiger partial charge in [0.2, 0.25) is 0 Å². The molecule has 3 aromatic carbocycles. The zero-order valence-corrected chi connectivity index (χ0v) is 16.4. The molecule has 4 aromatic rings. The van der Waals surface area contributed by atoms with Crippen LogP contribution in [0.25, 0.3) is 10.2 Å². The smallest absolute Gasteiger partial charge is 0.186 e. The first-order valence-corrected chi connectivity index (χ1v) is 10.2. The molecule has 4 rings (SSSR count). The maximum atomic E-state index is 6.12. The molecule has 0 atom stereocenters. The lowest BCUT2D eigenvalue weighted by atomic mass is 10.2. The van der Waals surface area contributed by atoms with Gasteiger partial charge in [-0.1, -0.05) is 72.0 Å². The van der Waals surface area contributed by atoms with E-state index in [-0.39, 0.29) is 0 Å². The van der Waals surface area contributed by atoms with E-state index >= 15 is 0 Å². The summed E-state index contributed by atoms with van der Waals surface area (Å²) < 4.78 is 7.31. The van der Waals surface area contributed by atoms with E-state index < -0.39 is 0 Å². The van der Waals surface area contributed by atoms with E-state index in [4.69, 9.17) is 15.5 Å². The van der Waals surface area contributed by atoms with Gasteiger partial charge in [0.25, 0.3) is 0 Å². The molecule has 0 saturated carbocycles. The van der Waals surface area contributed by atoms with Crippen LogP contribution in [-0.2, 0) is 13.2 Å². The summed E-state index contributed by atoms with van der Waals surface area (Å²) >= 11 is 1.70. The highest BCUT2D eigenvalue weighted by Crippen LogP contribution is 2.31. The van der Waals surface area contributed by atoms with Crippen molar-refractivity contribution in [2.75, 3.05) is 18.0 Å². The Kier molecular flexibility index (Phi) is 5.85. The second kappa shape index (κ2) is 8.87. The Balaban J connectivity index is 1.55. The van der Waals surface area contributed by atoms with Crippen molar-refractivity contribution < 1.29 is 4.74 Å². The third-order valence-electron chi connectivity index (χ3n) is 4.52. The average molecular weight is 390 g/mol. The van der Waals surface area contributed by atoms with Crippen LogP contribution in [0.2, 0.25) is 0 Å². The van der Waals surface area contributed by atoms with Gasteiger partial charge in [-0.2, -0.15) is 0 Å². The lowest BCUT2D eigenvalue weighted by Crippen LogP contribution is -2.29. The fourth-order valence-corrected chi connectivity index (χ4v) is 4.10. The third kappa shape index (κ3) is 4.32. The van der Waals surface area contributed by atoms with Crippen LogP contribution in [0.5, 0.6) is 5.75 Å². The lowest BCUT2D eigenvalue weighted by Gasteiger charge is -2.22. The highest BCUT2D eigenvalue weighted by atomic mass is 32.1. The quantitative estimate of drug-likeness (QED) is 0.468. The van der Waals surface area contributed by atoms with Crippen molar-refractivity contribution in [3.8, 4) is 5.75 Å². The van der Waals surface area contributed by atoms with Gasteiger partial charge in [0.15, 0.2) is 5.13 Å². The molecule has 28 heavy (non-hydrogen) atoms. The zero-order valence-electron chi connectivity index (χ0n) is 15.6. The first-order chi connectivity index (χ1) is 13.8. The molecule has 0 aliphatic rings. The molecular formula is C23H23N3OS. The van der Waals surface area contributed by atoms with E-state index in [2.05, 4.69) is 29.2 Å². The third-order valence-corrected chi connectivity index (χ3v) is 5.62. The van der Waals surface area contributed by atoms with Crippen molar-refractivity contribution in [3.05, 3.63) is 90.0 Å². The van der Waals surface area contributed by atoms with E-state index in [9.17, 15) is 0 Å². The fourth-order valence-electron chi connectivity index (χ4n) is 3.11. The Morgan fingerprint density at radius 1 is 0.893 bits per heavy atom. The van der Waals surface area contributed by atoms with Crippen LogP contribution in [0.1, 0.15) is 11.1 Å². The summed E-state index contributed by atoms with van der Waals surface area (Å²) in [5.74, 6) is 0.898. The Bertz CT molecular complexity index is 999. The van der Waals surface area contributed by atoms with Gasteiger partial charge >= 0.3 is 0 Å². The summed E-state index contributed by atoms with van der Waals surface area (Å²) in [6, 6.07) is 26.6. The first-order valence-electron chi connectivity index (χ1n) is 9.39. The van der Waals surface area contributed by atoms with Gasteiger partial charge in [-0.25, -0.2) is 4.98 Å². The second-order valence-corrected chi connectivity index (χ2v) is 7.57. The van der Waals surface area contributed by atoms with Crippen LogP contribution in [0.15, 0.2) is 78.9 Å². The Hall–Kier alpha value is -2.89. The van der Waals surface area contributed by atoms with E-state index in [1.54, 1.807) is 11.3 Å². The molecule has 0 fully saturated rings. The topological polar surface area (TPSA) is 51.4 Å². The predicted molar refractivity (Wildman–Crippen MR) is 117 cm³/mol. The van der Waals surface area contributed by atoms with Gasteiger partial charge in [-0.05, 0) is 23.8 Å². The van der Waals surface area contributed by atoms with E-state index in [1.165, 1.54) is 4.70 Å². The number of hydrogen-bond acceptors (Lipinski definition) is 5. The van der Waals surface area contributed by atoms with Crippen LogP contribution in [0, 0.1) is 0 Å². The molecule has 1 aromatic heterocycles. The summed E-state index contributed by atoms with van der Waals surface area (Å²) in [6.07, 6.45) is 0. The van der Waals surface area contributed by atoms with Crippen LogP contribution < -0.4 is 15.4 Å². The molecule has 0 aliphatic heterocycles. The van der Waals surface area contributed by atoms with Gasteiger partial charge in [-0.3, -0.25) is 0 Å².